The Morgan fingerprint density at radius 2 is 1.67 bits per heavy atom. The van der Waals surface area contributed by atoms with E-state index in [1.807, 2.05) is 31.2 Å². The van der Waals surface area contributed by atoms with E-state index >= 15 is 0 Å². The first-order valence-corrected chi connectivity index (χ1v) is 8.59. The number of amides is 2. The third-order valence-corrected chi connectivity index (χ3v) is 3.96. The highest BCUT2D eigenvalue weighted by Gasteiger charge is 2.13. The molecule has 0 aliphatic carbocycles. The van der Waals surface area contributed by atoms with Gasteiger partial charge < -0.3 is 20.5 Å². The van der Waals surface area contributed by atoms with Gasteiger partial charge in [0.1, 0.15) is 11.5 Å². The van der Waals surface area contributed by atoms with Gasteiger partial charge in [0.15, 0.2) is 6.61 Å². The number of hydrogen-bond donors (Lipinski definition) is 3. The number of fused-ring (bicyclic) bond motifs is 1. The minimum atomic E-state index is -0.408. The van der Waals surface area contributed by atoms with Crippen LogP contribution in [0.15, 0.2) is 60.7 Å². The molecular formula is C21H20N2O4. The molecule has 3 aromatic carbocycles. The predicted octanol–water partition coefficient (Wildman–Crippen LogP) is 3.31. The quantitative estimate of drug-likeness (QED) is 0.626. The minimum Gasteiger partial charge on any atom is -0.507 e. The summed E-state index contributed by atoms with van der Waals surface area (Å²) in [6.07, 6.45) is 0. The second-order valence-corrected chi connectivity index (χ2v) is 5.94. The van der Waals surface area contributed by atoms with Crippen LogP contribution in [0.5, 0.6) is 11.5 Å². The van der Waals surface area contributed by atoms with E-state index in [4.69, 9.17) is 4.74 Å². The highest BCUT2D eigenvalue weighted by atomic mass is 16.5. The molecule has 0 aliphatic heterocycles. The molecule has 0 aliphatic rings. The van der Waals surface area contributed by atoms with Crippen molar-refractivity contribution >= 4 is 28.3 Å². The smallest absolute Gasteiger partial charge is 0.259 e. The lowest BCUT2D eigenvalue weighted by Gasteiger charge is -2.10. The van der Waals surface area contributed by atoms with Crippen molar-refractivity contribution in [2.24, 2.45) is 0 Å². The molecule has 2 amide bonds. The first kappa shape index (κ1) is 18.3. The van der Waals surface area contributed by atoms with Crippen LogP contribution in [0, 0.1) is 0 Å². The fraction of sp³-hybridized carbons (Fsp3) is 0.143. The van der Waals surface area contributed by atoms with Crippen LogP contribution in [0.3, 0.4) is 0 Å². The summed E-state index contributed by atoms with van der Waals surface area (Å²) < 4.78 is 5.37. The Hall–Kier alpha value is -3.54. The molecule has 0 spiro atoms. The minimum absolute atomic E-state index is 0.0650. The number of likely N-dealkylation sites (N-methyl/N-ethyl adjacent to an activating group) is 1. The lowest BCUT2D eigenvalue weighted by molar-refractivity contribution is -0.122. The molecule has 0 aromatic heterocycles. The molecule has 0 bridgehead atoms. The number of rotatable bonds is 6. The maximum absolute atomic E-state index is 12.5. The van der Waals surface area contributed by atoms with E-state index in [0.717, 1.165) is 10.8 Å². The van der Waals surface area contributed by atoms with Gasteiger partial charge in [0.25, 0.3) is 11.8 Å². The summed E-state index contributed by atoms with van der Waals surface area (Å²) in [6.45, 7) is 2.32. The highest BCUT2D eigenvalue weighted by Crippen LogP contribution is 2.26. The Bertz CT molecular complexity index is 968. The van der Waals surface area contributed by atoms with Gasteiger partial charge in [-0.2, -0.15) is 0 Å². The topological polar surface area (TPSA) is 87.7 Å². The average Bonchev–Trinajstić information content (AvgIpc) is 2.67. The molecular weight excluding hydrogens is 344 g/mol. The van der Waals surface area contributed by atoms with Crippen molar-refractivity contribution in [3.8, 4) is 11.5 Å². The van der Waals surface area contributed by atoms with Crippen molar-refractivity contribution in [3.63, 3.8) is 0 Å². The zero-order valence-electron chi connectivity index (χ0n) is 14.9. The summed E-state index contributed by atoms with van der Waals surface area (Å²) in [5.41, 5.74) is 0.753. The second-order valence-electron chi connectivity index (χ2n) is 5.94. The maximum atomic E-state index is 12.5. The molecule has 3 rings (SSSR count). The van der Waals surface area contributed by atoms with E-state index in [1.165, 1.54) is 0 Å². The Balaban J connectivity index is 1.67. The number of phenols is 1. The summed E-state index contributed by atoms with van der Waals surface area (Å²) in [7, 11) is 0. The van der Waals surface area contributed by atoms with Crippen LogP contribution < -0.4 is 15.4 Å². The molecule has 0 heterocycles. The zero-order chi connectivity index (χ0) is 19.2. The van der Waals surface area contributed by atoms with Crippen LogP contribution >= 0.6 is 0 Å². The van der Waals surface area contributed by atoms with Crippen LogP contribution in [0.25, 0.3) is 10.8 Å². The molecule has 6 heteroatoms. The number of carbonyl (C=O) groups excluding carboxylic acids is 2. The predicted molar refractivity (Wildman–Crippen MR) is 104 cm³/mol. The van der Waals surface area contributed by atoms with Gasteiger partial charge in [0.2, 0.25) is 0 Å². The van der Waals surface area contributed by atoms with Gasteiger partial charge in [-0.3, -0.25) is 9.59 Å². The molecule has 0 fully saturated rings. The summed E-state index contributed by atoms with van der Waals surface area (Å²) in [5, 5.41) is 17.3. The van der Waals surface area contributed by atoms with Crippen molar-refractivity contribution in [1.82, 2.24) is 5.32 Å². The molecule has 138 valence electrons. The standard InChI is InChI=1S/C21H20N2O4/c1-2-22-20(25)13-27-17-9-7-16(8-10-17)23-21(26)18-11-14-5-3-4-6-15(14)12-19(18)24/h3-12,24H,2,13H2,1H3,(H,22,25)(H,23,26). The third kappa shape index (κ3) is 4.55. The van der Waals surface area contributed by atoms with Crippen LogP contribution in [0.4, 0.5) is 5.69 Å². The SMILES string of the molecule is CCNC(=O)COc1ccc(NC(=O)c2cc3ccccc3cc2O)cc1. The van der Waals surface area contributed by atoms with E-state index in [0.29, 0.717) is 18.0 Å². The number of benzene rings is 3. The zero-order valence-corrected chi connectivity index (χ0v) is 14.9. The summed E-state index contributed by atoms with van der Waals surface area (Å²) >= 11 is 0. The molecule has 27 heavy (non-hydrogen) atoms. The second kappa shape index (κ2) is 8.23. The van der Waals surface area contributed by atoms with Crippen molar-refractivity contribution in [3.05, 3.63) is 66.2 Å². The van der Waals surface area contributed by atoms with E-state index in [1.54, 1.807) is 36.4 Å². The summed E-state index contributed by atoms with van der Waals surface area (Å²) in [6, 6.07) is 17.4. The number of carbonyl (C=O) groups is 2. The van der Waals surface area contributed by atoms with Gasteiger partial charge >= 0.3 is 0 Å². The number of hydrogen-bond acceptors (Lipinski definition) is 4. The Labute approximate surface area is 156 Å². The van der Waals surface area contributed by atoms with Gasteiger partial charge in [-0.25, -0.2) is 0 Å². The lowest BCUT2D eigenvalue weighted by Crippen LogP contribution is -2.28. The number of anilines is 1. The molecule has 0 saturated heterocycles. The van der Waals surface area contributed by atoms with E-state index < -0.39 is 5.91 Å². The highest BCUT2D eigenvalue weighted by molar-refractivity contribution is 6.08. The van der Waals surface area contributed by atoms with E-state index in [2.05, 4.69) is 10.6 Å². The lowest BCUT2D eigenvalue weighted by atomic mass is 10.1. The average molecular weight is 364 g/mol. The summed E-state index contributed by atoms with van der Waals surface area (Å²) in [5.74, 6) is -0.156. The number of nitrogens with one attached hydrogen (secondary N) is 2. The Kier molecular flexibility index (Phi) is 5.56. The monoisotopic (exact) mass is 364 g/mol. The first-order chi connectivity index (χ1) is 13.1. The molecule has 3 aromatic rings. The van der Waals surface area contributed by atoms with Gasteiger partial charge in [-0.1, -0.05) is 24.3 Å². The third-order valence-electron chi connectivity index (χ3n) is 3.96. The van der Waals surface area contributed by atoms with E-state index in [9.17, 15) is 14.7 Å². The number of aromatic hydroxyl groups is 1. The van der Waals surface area contributed by atoms with Crippen LogP contribution in [0.1, 0.15) is 17.3 Å². The fourth-order valence-corrected chi connectivity index (χ4v) is 2.64. The van der Waals surface area contributed by atoms with Crippen molar-refractivity contribution in [1.29, 1.82) is 0 Å². The first-order valence-electron chi connectivity index (χ1n) is 8.59. The normalized spacial score (nSPS) is 10.4. The van der Waals surface area contributed by atoms with Crippen molar-refractivity contribution in [2.75, 3.05) is 18.5 Å². The number of ether oxygens (including phenoxy) is 1. The Morgan fingerprint density at radius 1 is 1.00 bits per heavy atom. The fourth-order valence-electron chi connectivity index (χ4n) is 2.64. The number of phenolic OH excluding ortho intramolecular Hbond substituents is 1. The van der Waals surface area contributed by atoms with Gasteiger partial charge in [-0.15, -0.1) is 0 Å². The largest absolute Gasteiger partial charge is 0.507 e. The van der Waals surface area contributed by atoms with Crippen molar-refractivity contribution < 1.29 is 19.4 Å². The van der Waals surface area contributed by atoms with Gasteiger partial charge in [0.05, 0.1) is 5.56 Å². The van der Waals surface area contributed by atoms with Crippen molar-refractivity contribution in [2.45, 2.75) is 6.92 Å². The maximum Gasteiger partial charge on any atom is 0.259 e. The Morgan fingerprint density at radius 3 is 2.33 bits per heavy atom. The summed E-state index contributed by atoms with van der Waals surface area (Å²) in [4.78, 5) is 23.9. The molecule has 0 saturated carbocycles. The van der Waals surface area contributed by atoms with Crippen LogP contribution in [0.2, 0.25) is 0 Å². The van der Waals surface area contributed by atoms with E-state index in [-0.39, 0.29) is 23.8 Å². The molecule has 6 nitrogen and oxygen atoms in total. The molecule has 0 atom stereocenters. The molecule has 0 radical (unpaired) electrons. The van der Waals surface area contributed by atoms with Crippen LogP contribution in [-0.4, -0.2) is 30.1 Å². The molecule has 0 unspecified atom stereocenters. The van der Waals surface area contributed by atoms with Crippen LogP contribution in [-0.2, 0) is 4.79 Å². The van der Waals surface area contributed by atoms with Gasteiger partial charge in [0, 0.05) is 12.2 Å². The molecule has 3 N–H and O–H groups in total. The van der Waals surface area contributed by atoms with Gasteiger partial charge in [-0.05, 0) is 54.1 Å².